The van der Waals surface area contributed by atoms with E-state index >= 15 is 0 Å². The van der Waals surface area contributed by atoms with Crippen LogP contribution in [0.5, 0.6) is 0 Å². The van der Waals surface area contributed by atoms with Gasteiger partial charge in [0.1, 0.15) is 0 Å². The summed E-state index contributed by atoms with van der Waals surface area (Å²) in [6.45, 7) is 4.33. The second-order valence-corrected chi connectivity index (χ2v) is 7.80. The van der Waals surface area contributed by atoms with Crippen molar-refractivity contribution in [2.24, 2.45) is 0 Å². The highest BCUT2D eigenvalue weighted by molar-refractivity contribution is 7.15. The van der Waals surface area contributed by atoms with Gasteiger partial charge in [-0.25, -0.2) is 0 Å². The summed E-state index contributed by atoms with van der Waals surface area (Å²) in [7, 11) is 0. The van der Waals surface area contributed by atoms with Crippen molar-refractivity contribution in [2.75, 3.05) is 0 Å². The van der Waals surface area contributed by atoms with Crippen LogP contribution >= 0.6 is 22.7 Å². The van der Waals surface area contributed by atoms with Crippen molar-refractivity contribution in [3.05, 3.63) is 67.8 Å². The highest BCUT2D eigenvalue weighted by atomic mass is 32.1. The van der Waals surface area contributed by atoms with E-state index < -0.39 is 0 Å². The van der Waals surface area contributed by atoms with E-state index in [1.165, 1.54) is 21.4 Å². The van der Waals surface area contributed by atoms with Gasteiger partial charge in [0.15, 0.2) is 5.82 Å². The molecule has 4 rings (SSSR count). The number of fused-ring (bicyclic) bond motifs is 1. The molecule has 0 spiro atoms. The number of nitrogens with zero attached hydrogens (tertiary/aromatic N) is 3. The molecule has 120 valence electrons. The summed E-state index contributed by atoms with van der Waals surface area (Å²) in [5.74, 6) is 1.11. The lowest BCUT2D eigenvalue weighted by Crippen LogP contribution is -2.23. The Labute approximate surface area is 146 Å². The summed E-state index contributed by atoms with van der Waals surface area (Å²) in [5, 5.41) is 6.32. The lowest BCUT2D eigenvalue weighted by Gasteiger charge is -2.04. The Morgan fingerprint density at radius 1 is 1.17 bits per heavy atom. The molecule has 0 N–H and O–H groups in total. The predicted molar refractivity (Wildman–Crippen MR) is 99.8 cm³/mol. The van der Waals surface area contributed by atoms with Crippen molar-refractivity contribution in [3.63, 3.8) is 0 Å². The molecule has 0 unspecified atom stereocenters. The van der Waals surface area contributed by atoms with Gasteiger partial charge in [-0.3, -0.25) is 4.79 Å². The van der Waals surface area contributed by atoms with Crippen LogP contribution in [0.15, 0.2) is 46.6 Å². The molecule has 0 saturated heterocycles. The zero-order valence-electron chi connectivity index (χ0n) is 13.3. The van der Waals surface area contributed by atoms with Gasteiger partial charge in [-0.05, 0) is 34.6 Å². The van der Waals surface area contributed by atoms with Crippen molar-refractivity contribution < 1.29 is 0 Å². The molecular weight excluding hydrogens is 338 g/mol. The number of hydrogen-bond donors (Lipinski definition) is 0. The fraction of sp³-hybridized carbons (Fsp3) is 0.167. The zero-order chi connectivity index (χ0) is 16.7. The number of thiophene rings is 1. The number of aromatic nitrogens is 3. The quantitative estimate of drug-likeness (QED) is 0.566. The van der Waals surface area contributed by atoms with Crippen LogP contribution in [-0.4, -0.2) is 14.6 Å². The minimum atomic E-state index is -0.113. The lowest BCUT2D eigenvalue weighted by molar-refractivity contribution is 0.866. The van der Waals surface area contributed by atoms with E-state index in [0.717, 1.165) is 10.4 Å². The van der Waals surface area contributed by atoms with E-state index in [4.69, 9.17) is 0 Å². The van der Waals surface area contributed by atoms with Crippen LogP contribution in [0.4, 0.5) is 0 Å². The molecule has 3 heterocycles. The summed E-state index contributed by atoms with van der Waals surface area (Å²) < 4.78 is 2.05. The van der Waals surface area contributed by atoms with Crippen LogP contribution in [0, 0.1) is 0 Å². The van der Waals surface area contributed by atoms with E-state index in [-0.39, 0.29) is 5.56 Å². The minimum Gasteiger partial charge on any atom is -0.266 e. The molecular formula is C18H15N3OS2. The summed E-state index contributed by atoms with van der Waals surface area (Å²) >= 11 is 2.94. The van der Waals surface area contributed by atoms with Crippen LogP contribution in [-0.2, 0) is 0 Å². The van der Waals surface area contributed by atoms with Gasteiger partial charge in [0.2, 0.25) is 4.96 Å². The SMILES string of the molecule is CC(C)c1ccc(/C=c2\sc3nc(-c4cccs4)nn3c2=O)cc1. The topological polar surface area (TPSA) is 47.3 Å². The first kappa shape index (κ1) is 15.2. The Kier molecular flexibility index (Phi) is 3.78. The van der Waals surface area contributed by atoms with Crippen molar-refractivity contribution in [1.29, 1.82) is 0 Å². The average Bonchev–Trinajstić information content (AvgIpc) is 3.27. The van der Waals surface area contributed by atoms with Gasteiger partial charge in [0.25, 0.3) is 5.56 Å². The van der Waals surface area contributed by atoms with E-state index in [1.807, 2.05) is 35.7 Å². The van der Waals surface area contributed by atoms with Crippen molar-refractivity contribution >= 4 is 33.7 Å². The molecule has 0 fully saturated rings. The van der Waals surface area contributed by atoms with Gasteiger partial charge in [-0.15, -0.1) is 16.4 Å². The highest BCUT2D eigenvalue weighted by Crippen LogP contribution is 2.21. The predicted octanol–water partition coefficient (Wildman–Crippen LogP) is 3.55. The first-order chi connectivity index (χ1) is 11.6. The molecule has 6 heteroatoms. The Morgan fingerprint density at radius 2 is 1.96 bits per heavy atom. The standard InChI is InChI=1S/C18H15N3OS2/c1-11(2)13-7-5-12(6-8-13)10-15-17(22)21-18(24-15)19-16(20-21)14-4-3-9-23-14/h3-11H,1-2H3/b15-10-. The molecule has 0 aliphatic heterocycles. The van der Waals surface area contributed by atoms with Gasteiger partial charge in [-0.1, -0.05) is 55.5 Å². The van der Waals surface area contributed by atoms with Crippen molar-refractivity contribution in [3.8, 4) is 10.7 Å². The number of rotatable bonds is 3. The Bertz CT molecular complexity index is 1090. The molecule has 1 aromatic carbocycles. The van der Waals surface area contributed by atoms with Gasteiger partial charge in [0.05, 0.1) is 9.41 Å². The van der Waals surface area contributed by atoms with Crippen LogP contribution in [0.2, 0.25) is 0 Å². The Balaban J connectivity index is 1.76. The monoisotopic (exact) mass is 353 g/mol. The van der Waals surface area contributed by atoms with E-state index in [2.05, 4.69) is 36.1 Å². The molecule has 0 amide bonds. The fourth-order valence-corrected chi connectivity index (χ4v) is 4.03. The number of benzene rings is 1. The minimum absolute atomic E-state index is 0.113. The largest absolute Gasteiger partial charge is 0.291 e. The third-order valence-corrected chi connectivity index (χ3v) is 5.65. The maximum absolute atomic E-state index is 12.5. The van der Waals surface area contributed by atoms with Crippen molar-refractivity contribution in [2.45, 2.75) is 19.8 Å². The first-order valence-corrected chi connectivity index (χ1v) is 9.36. The Hall–Kier alpha value is -2.31. The fourth-order valence-electron chi connectivity index (χ4n) is 2.47. The van der Waals surface area contributed by atoms with E-state index in [9.17, 15) is 4.79 Å². The molecule has 0 aliphatic carbocycles. The summed E-state index contributed by atoms with van der Waals surface area (Å²) in [4.78, 5) is 18.6. The van der Waals surface area contributed by atoms with Crippen molar-refractivity contribution in [1.82, 2.24) is 14.6 Å². The van der Waals surface area contributed by atoms with Crippen LogP contribution in [0.3, 0.4) is 0 Å². The molecule has 4 nitrogen and oxygen atoms in total. The third-order valence-electron chi connectivity index (χ3n) is 3.82. The first-order valence-electron chi connectivity index (χ1n) is 7.67. The van der Waals surface area contributed by atoms with Gasteiger partial charge >= 0.3 is 0 Å². The number of hydrogen-bond acceptors (Lipinski definition) is 5. The van der Waals surface area contributed by atoms with Crippen LogP contribution in [0.1, 0.15) is 30.9 Å². The molecule has 0 aliphatic rings. The highest BCUT2D eigenvalue weighted by Gasteiger charge is 2.12. The zero-order valence-corrected chi connectivity index (χ0v) is 14.9. The summed E-state index contributed by atoms with van der Waals surface area (Å²) in [6, 6.07) is 12.2. The molecule has 24 heavy (non-hydrogen) atoms. The molecule has 0 saturated carbocycles. The third kappa shape index (κ3) is 2.68. The van der Waals surface area contributed by atoms with Crippen LogP contribution in [0.25, 0.3) is 21.7 Å². The second kappa shape index (κ2) is 5.96. The van der Waals surface area contributed by atoms with E-state index in [0.29, 0.717) is 21.2 Å². The molecule has 4 aromatic rings. The van der Waals surface area contributed by atoms with Gasteiger partial charge < -0.3 is 0 Å². The smallest absolute Gasteiger partial charge is 0.266 e. The van der Waals surface area contributed by atoms with Gasteiger partial charge in [-0.2, -0.15) is 9.50 Å². The normalized spacial score (nSPS) is 12.5. The summed E-state index contributed by atoms with van der Waals surface area (Å²) in [6.07, 6.45) is 1.90. The molecule has 0 atom stereocenters. The summed E-state index contributed by atoms with van der Waals surface area (Å²) in [5.41, 5.74) is 2.19. The Morgan fingerprint density at radius 3 is 2.58 bits per heavy atom. The van der Waals surface area contributed by atoms with E-state index in [1.54, 1.807) is 11.3 Å². The molecule has 0 radical (unpaired) electrons. The molecule has 3 aromatic heterocycles. The van der Waals surface area contributed by atoms with Crippen LogP contribution < -0.4 is 10.1 Å². The maximum atomic E-state index is 12.5. The lowest BCUT2D eigenvalue weighted by atomic mass is 10.0. The molecule has 0 bridgehead atoms. The number of thiazole rings is 1. The maximum Gasteiger partial charge on any atom is 0.291 e. The average molecular weight is 353 g/mol. The second-order valence-electron chi connectivity index (χ2n) is 5.84. The van der Waals surface area contributed by atoms with Gasteiger partial charge in [0, 0.05) is 0 Å².